The summed E-state index contributed by atoms with van der Waals surface area (Å²) >= 11 is 0. The van der Waals surface area contributed by atoms with E-state index >= 15 is 0 Å². The third-order valence-electron chi connectivity index (χ3n) is 5.01. The lowest BCUT2D eigenvalue weighted by Gasteiger charge is -2.38. The molecule has 1 aromatic heterocycles. The fourth-order valence-electron chi connectivity index (χ4n) is 3.44. The molecule has 2 heterocycles. The van der Waals surface area contributed by atoms with Gasteiger partial charge < -0.3 is 15.1 Å². The Balaban J connectivity index is 1.53. The van der Waals surface area contributed by atoms with Gasteiger partial charge in [-0.15, -0.1) is 0 Å². The second kappa shape index (κ2) is 6.01. The molecule has 1 aliphatic heterocycles. The van der Waals surface area contributed by atoms with E-state index in [9.17, 15) is 4.79 Å². The van der Waals surface area contributed by atoms with E-state index in [4.69, 9.17) is 10.2 Å². The van der Waals surface area contributed by atoms with Gasteiger partial charge in [-0.05, 0) is 26.7 Å². The summed E-state index contributed by atoms with van der Waals surface area (Å²) in [6.07, 6.45) is 3.82. The van der Waals surface area contributed by atoms with Gasteiger partial charge in [0.05, 0.1) is 17.8 Å². The maximum atomic E-state index is 12.6. The normalized spacial score (nSPS) is 22.2. The second-order valence-corrected chi connectivity index (χ2v) is 6.68. The summed E-state index contributed by atoms with van der Waals surface area (Å²) in [6.45, 7) is 7.80. The Morgan fingerprint density at radius 2 is 1.86 bits per heavy atom. The van der Waals surface area contributed by atoms with E-state index in [-0.39, 0.29) is 5.91 Å². The van der Waals surface area contributed by atoms with Crippen LogP contribution in [0.4, 0.5) is 0 Å². The van der Waals surface area contributed by atoms with Crippen LogP contribution in [-0.2, 0) is 11.3 Å². The highest BCUT2D eigenvalue weighted by Crippen LogP contribution is 2.29. The molecule has 2 fully saturated rings. The van der Waals surface area contributed by atoms with Gasteiger partial charge in [0.15, 0.2) is 0 Å². The summed E-state index contributed by atoms with van der Waals surface area (Å²) in [6, 6.07) is 0. The van der Waals surface area contributed by atoms with Gasteiger partial charge in [-0.2, -0.15) is 0 Å². The van der Waals surface area contributed by atoms with Crippen molar-refractivity contribution in [2.75, 3.05) is 26.2 Å². The minimum Gasteiger partial charge on any atom is -0.444 e. The average molecular weight is 306 g/mol. The highest BCUT2D eigenvalue weighted by molar-refractivity contribution is 5.86. The molecule has 1 aliphatic carbocycles. The van der Waals surface area contributed by atoms with Crippen LogP contribution in [0.1, 0.15) is 43.0 Å². The van der Waals surface area contributed by atoms with Gasteiger partial charge >= 0.3 is 0 Å². The molecule has 1 amide bonds. The summed E-state index contributed by atoms with van der Waals surface area (Å²) in [7, 11) is 0. The minimum absolute atomic E-state index is 0.146. The highest BCUT2D eigenvalue weighted by Gasteiger charge is 2.40. The molecular weight excluding hydrogens is 280 g/mol. The molecule has 0 bridgehead atoms. The molecular formula is C16H26N4O2. The van der Waals surface area contributed by atoms with E-state index in [1.807, 2.05) is 18.7 Å². The Hall–Kier alpha value is -1.40. The maximum absolute atomic E-state index is 12.6. The number of hydrogen-bond acceptors (Lipinski definition) is 5. The van der Waals surface area contributed by atoms with Gasteiger partial charge in [-0.3, -0.25) is 9.69 Å². The lowest BCUT2D eigenvalue weighted by Crippen LogP contribution is -2.58. The monoisotopic (exact) mass is 306 g/mol. The average Bonchev–Trinajstić information content (AvgIpc) is 3.07. The molecule has 0 aromatic carbocycles. The number of nitrogens with two attached hydrogens (primary N) is 1. The topological polar surface area (TPSA) is 75.6 Å². The van der Waals surface area contributed by atoms with E-state index in [0.717, 1.165) is 69.2 Å². The fraction of sp³-hybridized carbons (Fsp3) is 0.750. The van der Waals surface area contributed by atoms with Crippen LogP contribution < -0.4 is 5.73 Å². The van der Waals surface area contributed by atoms with E-state index in [1.54, 1.807) is 0 Å². The van der Waals surface area contributed by atoms with Crippen LogP contribution in [-0.4, -0.2) is 52.4 Å². The summed E-state index contributed by atoms with van der Waals surface area (Å²) in [5.74, 6) is 1.79. The lowest BCUT2D eigenvalue weighted by molar-refractivity contribution is -0.138. The molecule has 22 heavy (non-hydrogen) atoms. The molecule has 6 nitrogen and oxygen atoms in total. The summed E-state index contributed by atoms with van der Waals surface area (Å²) in [4.78, 5) is 21.2. The number of hydrogen-bond donors (Lipinski definition) is 1. The number of aryl methyl sites for hydroxylation is 2. The van der Waals surface area contributed by atoms with E-state index in [2.05, 4.69) is 9.88 Å². The molecule has 1 saturated carbocycles. The second-order valence-electron chi connectivity index (χ2n) is 6.68. The molecule has 1 aromatic rings. The van der Waals surface area contributed by atoms with Crippen molar-refractivity contribution in [3.05, 3.63) is 17.3 Å². The minimum atomic E-state index is -0.598. The molecule has 0 spiro atoms. The smallest absolute Gasteiger partial charge is 0.242 e. The van der Waals surface area contributed by atoms with Crippen LogP contribution in [0, 0.1) is 13.8 Å². The zero-order valence-corrected chi connectivity index (χ0v) is 13.6. The Morgan fingerprint density at radius 3 is 2.41 bits per heavy atom. The van der Waals surface area contributed by atoms with Crippen molar-refractivity contribution in [1.82, 2.24) is 14.8 Å². The predicted molar refractivity (Wildman–Crippen MR) is 83.2 cm³/mol. The van der Waals surface area contributed by atoms with Gasteiger partial charge in [0.2, 0.25) is 11.8 Å². The standard InChI is InChI=1S/C16H26N4O2/c1-12-13(2)22-14(18-12)11-19-7-9-20(10-8-19)15(21)16(17)5-3-4-6-16/h3-11,17H2,1-2H3. The Kier molecular flexibility index (Phi) is 4.23. The number of piperazine rings is 1. The molecule has 2 aliphatic rings. The molecule has 1 saturated heterocycles. The fourth-order valence-corrected chi connectivity index (χ4v) is 3.44. The van der Waals surface area contributed by atoms with Crippen LogP contribution in [0.3, 0.4) is 0 Å². The number of carbonyl (C=O) groups is 1. The third kappa shape index (κ3) is 3.03. The number of oxazole rings is 1. The Morgan fingerprint density at radius 1 is 1.23 bits per heavy atom. The molecule has 3 rings (SSSR count). The van der Waals surface area contributed by atoms with Crippen LogP contribution in [0.25, 0.3) is 0 Å². The van der Waals surface area contributed by atoms with Crippen molar-refractivity contribution in [2.24, 2.45) is 5.73 Å². The lowest BCUT2D eigenvalue weighted by atomic mass is 9.97. The first-order valence-electron chi connectivity index (χ1n) is 8.21. The van der Waals surface area contributed by atoms with Gasteiger partial charge in [0.1, 0.15) is 5.76 Å². The molecule has 0 unspecified atom stereocenters. The first kappa shape index (κ1) is 15.5. The van der Waals surface area contributed by atoms with Crippen molar-refractivity contribution in [1.29, 1.82) is 0 Å². The molecule has 6 heteroatoms. The number of rotatable bonds is 3. The molecule has 2 N–H and O–H groups in total. The summed E-state index contributed by atoms with van der Waals surface area (Å²) < 4.78 is 5.64. The van der Waals surface area contributed by atoms with Crippen molar-refractivity contribution >= 4 is 5.91 Å². The summed E-state index contributed by atoms with van der Waals surface area (Å²) in [5, 5.41) is 0. The van der Waals surface area contributed by atoms with Gasteiger partial charge in [-0.25, -0.2) is 4.98 Å². The van der Waals surface area contributed by atoms with Crippen LogP contribution >= 0.6 is 0 Å². The Labute approximate surface area is 131 Å². The largest absolute Gasteiger partial charge is 0.444 e. The number of aromatic nitrogens is 1. The van der Waals surface area contributed by atoms with E-state index in [1.165, 1.54) is 0 Å². The van der Waals surface area contributed by atoms with Gasteiger partial charge in [-0.1, -0.05) is 12.8 Å². The predicted octanol–water partition coefficient (Wildman–Crippen LogP) is 1.21. The first-order chi connectivity index (χ1) is 10.5. The van der Waals surface area contributed by atoms with Crippen molar-refractivity contribution in [2.45, 2.75) is 51.6 Å². The zero-order chi connectivity index (χ0) is 15.7. The van der Waals surface area contributed by atoms with Gasteiger partial charge in [0, 0.05) is 26.2 Å². The van der Waals surface area contributed by atoms with E-state index < -0.39 is 5.54 Å². The molecule has 0 atom stereocenters. The molecule has 122 valence electrons. The van der Waals surface area contributed by atoms with Crippen molar-refractivity contribution in [3.8, 4) is 0 Å². The zero-order valence-electron chi connectivity index (χ0n) is 13.6. The van der Waals surface area contributed by atoms with Crippen molar-refractivity contribution < 1.29 is 9.21 Å². The third-order valence-corrected chi connectivity index (χ3v) is 5.01. The number of amides is 1. The van der Waals surface area contributed by atoms with E-state index in [0.29, 0.717) is 6.54 Å². The summed E-state index contributed by atoms with van der Waals surface area (Å²) in [5.41, 5.74) is 6.64. The quantitative estimate of drug-likeness (QED) is 0.908. The highest BCUT2D eigenvalue weighted by atomic mass is 16.4. The number of nitrogens with zero attached hydrogens (tertiary/aromatic N) is 3. The molecule has 0 radical (unpaired) electrons. The number of carbonyl (C=O) groups excluding carboxylic acids is 1. The van der Waals surface area contributed by atoms with Crippen LogP contribution in [0.2, 0.25) is 0 Å². The van der Waals surface area contributed by atoms with Crippen LogP contribution in [0.15, 0.2) is 4.42 Å². The first-order valence-corrected chi connectivity index (χ1v) is 8.21. The van der Waals surface area contributed by atoms with Crippen LogP contribution in [0.5, 0.6) is 0 Å². The maximum Gasteiger partial charge on any atom is 0.242 e. The van der Waals surface area contributed by atoms with Gasteiger partial charge in [0.25, 0.3) is 0 Å². The Bertz CT molecular complexity index is 521. The van der Waals surface area contributed by atoms with Crippen molar-refractivity contribution in [3.63, 3.8) is 0 Å². The SMILES string of the molecule is Cc1nc(CN2CCN(C(=O)C3(N)CCCC3)CC2)oc1C.